The first-order chi connectivity index (χ1) is 8.72. The van der Waals surface area contributed by atoms with Crippen LogP contribution in [0.2, 0.25) is 0 Å². The molecule has 1 aliphatic rings. The number of nitro groups is 1. The van der Waals surface area contributed by atoms with Crippen LogP contribution in [-0.2, 0) is 0 Å². The lowest BCUT2D eigenvalue weighted by atomic mass is 10.1. The molecule has 1 aromatic carbocycles. The third-order valence-electron chi connectivity index (χ3n) is 3.03. The van der Waals surface area contributed by atoms with Gasteiger partial charge < -0.3 is 10.2 Å². The van der Waals surface area contributed by atoms with Gasteiger partial charge in [-0.25, -0.2) is 0 Å². The average Bonchev–Trinajstić information content (AvgIpc) is 2.66. The van der Waals surface area contributed by atoms with Crippen LogP contribution in [0, 0.1) is 10.1 Å². The van der Waals surface area contributed by atoms with Gasteiger partial charge in [-0.3, -0.25) is 14.9 Å². The van der Waals surface area contributed by atoms with Gasteiger partial charge in [-0.2, -0.15) is 0 Å². The molecule has 1 aromatic rings. The van der Waals surface area contributed by atoms with E-state index in [1.807, 2.05) is 0 Å². The molecule has 0 atom stereocenters. The van der Waals surface area contributed by atoms with Crippen molar-refractivity contribution < 1.29 is 9.72 Å². The number of nitro benzene ring substituents is 1. The fraction of sp³-hybridized carbons (Fsp3) is 0.417. The maximum atomic E-state index is 11.1. The molecule has 0 amide bonds. The van der Waals surface area contributed by atoms with Gasteiger partial charge in [0.25, 0.3) is 5.69 Å². The summed E-state index contributed by atoms with van der Waals surface area (Å²) in [5, 5.41) is 14.0. The molecule has 1 saturated heterocycles. The molecule has 0 bridgehead atoms. The van der Waals surface area contributed by atoms with Crippen LogP contribution < -0.4 is 10.2 Å². The lowest BCUT2D eigenvalue weighted by molar-refractivity contribution is -0.384. The van der Waals surface area contributed by atoms with Crippen molar-refractivity contribution in [2.75, 3.05) is 31.1 Å². The number of carbonyl (C=O) groups excluding carboxylic acids is 1. The van der Waals surface area contributed by atoms with Crippen LogP contribution in [0.4, 0.5) is 11.4 Å². The Morgan fingerprint density at radius 3 is 2.89 bits per heavy atom. The summed E-state index contributed by atoms with van der Waals surface area (Å²) in [5.41, 5.74) is 1.11. The first-order valence-corrected chi connectivity index (χ1v) is 5.91. The molecule has 6 heteroatoms. The topological polar surface area (TPSA) is 75.5 Å². The second-order valence-electron chi connectivity index (χ2n) is 4.21. The molecule has 2 rings (SSSR count). The number of benzene rings is 1. The van der Waals surface area contributed by atoms with Crippen molar-refractivity contribution in [3.63, 3.8) is 0 Å². The Labute approximate surface area is 105 Å². The van der Waals surface area contributed by atoms with Crippen LogP contribution in [0.3, 0.4) is 0 Å². The quantitative estimate of drug-likeness (QED) is 0.495. The second kappa shape index (κ2) is 5.59. The van der Waals surface area contributed by atoms with E-state index in [0.717, 1.165) is 38.3 Å². The summed E-state index contributed by atoms with van der Waals surface area (Å²) in [6.07, 6.45) is 1.68. The number of hydrogen-bond acceptors (Lipinski definition) is 5. The zero-order valence-corrected chi connectivity index (χ0v) is 9.96. The standard InChI is InChI=1S/C12H15N3O3/c16-9-10-8-11(15(17)18)2-3-12(10)14-6-1-4-13-5-7-14/h2-3,8-9,13H,1,4-7H2. The van der Waals surface area contributed by atoms with Crippen LogP contribution in [-0.4, -0.2) is 37.4 Å². The van der Waals surface area contributed by atoms with Crippen molar-refractivity contribution in [1.82, 2.24) is 5.32 Å². The number of aldehydes is 1. The monoisotopic (exact) mass is 249 g/mol. The van der Waals surface area contributed by atoms with Gasteiger partial charge in [0, 0.05) is 43.0 Å². The zero-order chi connectivity index (χ0) is 13.0. The van der Waals surface area contributed by atoms with Crippen LogP contribution in [0.5, 0.6) is 0 Å². The van der Waals surface area contributed by atoms with Gasteiger partial charge in [0.1, 0.15) is 0 Å². The lowest BCUT2D eigenvalue weighted by Crippen LogP contribution is -2.28. The summed E-state index contributed by atoms with van der Waals surface area (Å²) in [4.78, 5) is 23.3. The largest absolute Gasteiger partial charge is 0.370 e. The molecule has 0 aliphatic carbocycles. The van der Waals surface area contributed by atoms with Gasteiger partial charge in [-0.15, -0.1) is 0 Å². The Morgan fingerprint density at radius 2 is 2.17 bits per heavy atom. The molecule has 6 nitrogen and oxygen atoms in total. The Balaban J connectivity index is 2.31. The van der Waals surface area contributed by atoms with E-state index < -0.39 is 4.92 Å². The number of anilines is 1. The van der Waals surface area contributed by atoms with Gasteiger partial charge in [0.2, 0.25) is 0 Å². The van der Waals surface area contributed by atoms with E-state index in [2.05, 4.69) is 10.2 Å². The first kappa shape index (κ1) is 12.5. The molecule has 0 radical (unpaired) electrons. The predicted octanol–water partition coefficient (Wildman–Crippen LogP) is 1.21. The summed E-state index contributed by atoms with van der Waals surface area (Å²) in [6.45, 7) is 3.47. The van der Waals surface area contributed by atoms with Crippen LogP contribution in [0.1, 0.15) is 16.8 Å². The average molecular weight is 249 g/mol. The molecule has 96 valence electrons. The first-order valence-electron chi connectivity index (χ1n) is 5.91. The van der Waals surface area contributed by atoms with Gasteiger partial charge in [0.15, 0.2) is 6.29 Å². The van der Waals surface area contributed by atoms with Crippen molar-refractivity contribution in [3.8, 4) is 0 Å². The third-order valence-corrected chi connectivity index (χ3v) is 3.03. The minimum atomic E-state index is -0.485. The summed E-state index contributed by atoms with van der Waals surface area (Å²) in [6, 6.07) is 4.44. The molecule has 1 N–H and O–H groups in total. The van der Waals surface area contributed by atoms with Gasteiger partial charge >= 0.3 is 0 Å². The molecule has 18 heavy (non-hydrogen) atoms. The highest BCUT2D eigenvalue weighted by Gasteiger charge is 2.16. The third kappa shape index (κ3) is 2.65. The fourth-order valence-electron chi connectivity index (χ4n) is 2.12. The maximum Gasteiger partial charge on any atom is 0.270 e. The second-order valence-corrected chi connectivity index (χ2v) is 4.21. The lowest BCUT2D eigenvalue weighted by Gasteiger charge is -2.23. The number of non-ortho nitro benzene ring substituents is 1. The summed E-state index contributed by atoms with van der Waals surface area (Å²) in [7, 11) is 0. The molecule has 1 aliphatic heterocycles. The number of hydrogen-bond donors (Lipinski definition) is 1. The molecule has 0 spiro atoms. The zero-order valence-electron chi connectivity index (χ0n) is 9.96. The van der Waals surface area contributed by atoms with Crippen molar-refractivity contribution in [1.29, 1.82) is 0 Å². The molecule has 0 saturated carbocycles. The molecular weight excluding hydrogens is 234 g/mol. The number of rotatable bonds is 3. The number of carbonyl (C=O) groups is 1. The minimum Gasteiger partial charge on any atom is -0.370 e. The smallest absolute Gasteiger partial charge is 0.270 e. The normalized spacial score (nSPS) is 16.1. The summed E-state index contributed by atoms with van der Waals surface area (Å²) < 4.78 is 0. The van der Waals surface area contributed by atoms with E-state index in [1.165, 1.54) is 12.1 Å². The highest BCUT2D eigenvalue weighted by Crippen LogP contribution is 2.24. The fourth-order valence-corrected chi connectivity index (χ4v) is 2.12. The highest BCUT2D eigenvalue weighted by atomic mass is 16.6. The number of nitrogens with one attached hydrogen (secondary N) is 1. The molecule has 1 fully saturated rings. The summed E-state index contributed by atoms with van der Waals surface area (Å²) >= 11 is 0. The Bertz CT molecular complexity index is 454. The maximum absolute atomic E-state index is 11.1. The van der Waals surface area contributed by atoms with Crippen LogP contribution >= 0.6 is 0 Å². The van der Waals surface area contributed by atoms with Crippen molar-refractivity contribution in [2.24, 2.45) is 0 Å². The van der Waals surface area contributed by atoms with Crippen molar-refractivity contribution >= 4 is 17.7 Å². The Hall–Kier alpha value is -1.95. The van der Waals surface area contributed by atoms with E-state index in [1.54, 1.807) is 6.07 Å². The van der Waals surface area contributed by atoms with Gasteiger partial charge in [-0.05, 0) is 19.0 Å². The predicted molar refractivity (Wildman–Crippen MR) is 68.2 cm³/mol. The van der Waals surface area contributed by atoms with Crippen LogP contribution in [0.15, 0.2) is 18.2 Å². The van der Waals surface area contributed by atoms with Crippen molar-refractivity contribution in [3.05, 3.63) is 33.9 Å². The highest BCUT2D eigenvalue weighted by molar-refractivity contribution is 5.86. The van der Waals surface area contributed by atoms with Crippen LogP contribution in [0.25, 0.3) is 0 Å². The number of nitrogens with zero attached hydrogens (tertiary/aromatic N) is 2. The minimum absolute atomic E-state index is 0.0474. The molecule has 1 heterocycles. The Kier molecular flexibility index (Phi) is 3.88. The molecular formula is C12H15N3O3. The van der Waals surface area contributed by atoms with Crippen molar-refractivity contribution in [2.45, 2.75) is 6.42 Å². The SMILES string of the molecule is O=Cc1cc([N+](=O)[O-])ccc1N1CCCNCC1. The van der Waals surface area contributed by atoms with Gasteiger partial charge in [0.05, 0.1) is 4.92 Å². The van der Waals surface area contributed by atoms with E-state index in [9.17, 15) is 14.9 Å². The Morgan fingerprint density at radius 1 is 1.33 bits per heavy atom. The van der Waals surface area contributed by atoms with E-state index >= 15 is 0 Å². The van der Waals surface area contributed by atoms with Gasteiger partial charge in [-0.1, -0.05) is 0 Å². The van der Waals surface area contributed by atoms with E-state index in [-0.39, 0.29) is 5.69 Å². The molecule has 0 aromatic heterocycles. The van der Waals surface area contributed by atoms with E-state index in [0.29, 0.717) is 11.8 Å². The summed E-state index contributed by atoms with van der Waals surface area (Å²) in [5.74, 6) is 0. The molecule has 0 unspecified atom stereocenters. The van der Waals surface area contributed by atoms with E-state index in [4.69, 9.17) is 0 Å².